The number of aliphatic carboxylic acids is 1. The molecule has 0 spiro atoms. The highest BCUT2D eigenvalue weighted by Crippen LogP contribution is 2.32. The Balaban J connectivity index is 2.95. The van der Waals surface area contributed by atoms with Gasteiger partial charge in [0, 0.05) is 18.5 Å². The Morgan fingerprint density at radius 3 is 2.60 bits per heavy atom. The van der Waals surface area contributed by atoms with Crippen molar-refractivity contribution in [1.82, 2.24) is 4.31 Å². The van der Waals surface area contributed by atoms with Crippen LogP contribution in [-0.4, -0.2) is 37.4 Å². The molecule has 1 heterocycles. The smallest absolute Gasteiger partial charge is 0.304 e. The summed E-state index contributed by atoms with van der Waals surface area (Å²) < 4.78 is 27.3. The number of nitriles is 1. The number of hydrogen-bond acceptors (Lipinski definition) is 5. The molecule has 1 aromatic heterocycles. The number of nitrogens with one attached hydrogen (secondary N) is 1. The summed E-state index contributed by atoms with van der Waals surface area (Å²) in [5, 5.41) is 17.9. The molecule has 1 aromatic rings. The summed E-state index contributed by atoms with van der Waals surface area (Å²) in [6, 6.07) is 1.97. The van der Waals surface area contributed by atoms with Crippen LogP contribution >= 0.6 is 11.3 Å². The maximum absolute atomic E-state index is 12.0. The van der Waals surface area contributed by atoms with Crippen molar-refractivity contribution in [1.29, 1.82) is 5.26 Å². The number of carboxylic acid groups (broad SMARTS) is 1. The van der Waals surface area contributed by atoms with E-state index in [1.54, 1.807) is 13.8 Å². The SMILES string of the molecule is Cc1sc(NS(=O)(=O)N(C)CCC(=O)O)c(C#N)c1C. The molecule has 0 aliphatic heterocycles. The average molecular weight is 317 g/mol. The summed E-state index contributed by atoms with van der Waals surface area (Å²) in [6.45, 7) is 3.40. The molecule has 0 aliphatic rings. The standard InChI is InChI=1S/C11H15N3O4S2/c1-7-8(2)19-11(9(7)6-12)13-20(17,18)14(3)5-4-10(15)16/h13H,4-5H2,1-3H3,(H,15,16). The van der Waals surface area contributed by atoms with Gasteiger partial charge in [0.05, 0.1) is 12.0 Å². The second-order valence-electron chi connectivity index (χ2n) is 4.17. The van der Waals surface area contributed by atoms with Gasteiger partial charge >= 0.3 is 16.2 Å². The summed E-state index contributed by atoms with van der Waals surface area (Å²) in [7, 11) is -2.58. The van der Waals surface area contributed by atoms with Gasteiger partial charge in [0.2, 0.25) is 0 Å². The molecule has 0 aliphatic carbocycles. The lowest BCUT2D eigenvalue weighted by Crippen LogP contribution is -2.34. The van der Waals surface area contributed by atoms with E-state index in [4.69, 9.17) is 10.4 Å². The van der Waals surface area contributed by atoms with Crippen LogP contribution < -0.4 is 4.72 Å². The quantitative estimate of drug-likeness (QED) is 0.821. The lowest BCUT2D eigenvalue weighted by molar-refractivity contribution is -0.137. The minimum Gasteiger partial charge on any atom is -0.481 e. The number of anilines is 1. The van der Waals surface area contributed by atoms with Crippen molar-refractivity contribution in [3.63, 3.8) is 0 Å². The van der Waals surface area contributed by atoms with Crippen LogP contribution in [0.25, 0.3) is 0 Å². The van der Waals surface area contributed by atoms with Gasteiger partial charge in [0.1, 0.15) is 11.1 Å². The Morgan fingerprint density at radius 2 is 2.10 bits per heavy atom. The summed E-state index contributed by atoms with van der Waals surface area (Å²) >= 11 is 1.18. The highest BCUT2D eigenvalue weighted by Gasteiger charge is 2.22. The normalized spacial score (nSPS) is 11.3. The van der Waals surface area contributed by atoms with Crippen molar-refractivity contribution in [3.05, 3.63) is 16.0 Å². The molecule has 0 amide bonds. The van der Waals surface area contributed by atoms with E-state index < -0.39 is 16.2 Å². The fourth-order valence-corrected chi connectivity index (χ4v) is 3.57. The molecule has 0 saturated carbocycles. The maximum Gasteiger partial charge on any atom is 0.304 e. The Hall–Kier alpha value is -1.63. The number of carboxylic acids is 1. The number of aryl methyl sites for hydroxylation is 1. The molecule has 0 radical (unpaired) electrons. The van der Waals surface area contributed by atoms with Crippen molar-refractivity contribution in [3.8, 4) is 6.07 Å². The number of rotatable bonds is 6. The van der Waals surface area contributed by atoms with E-state index in [-0.39, 0.29) is 18.0 Å². The largest absolute Gasteiger partial charge is 0.481 e. The van der Waals surface area contributed by atoms with Gasteiger partial charge in [-0.25, -0.2) is 0 Å². The minimum atomic E-state index is -3.87. The van der Waals surface area contributed by atoms with Crippen LogP contribution in [-0.2, 0) is 15.0 Å². The number of hydrogen-bond donors (Lipinski definition) is 2. The van der Waals surface area contributed by atoms with Crippen LogP contribution in [0.15, 0.2) is 0 Å². The van der Waals surface area contributed by atoms with E-state index in [0.717, 1.165) is 14.7 Å². The van der Waals surface area contributed by atoms with Gasteiger partial charge in [-0.1, -0.05) is 0 Å². The molecule has 0 fully saturated rings. The zero-order valence-electron chi connectivity index (χ0n) is 11.3. The van der Waals surface area contributed by atoms with Crippen molar-refractivity contribution < 1.29 is 18.3 Å². The molecule has 0 aromatic carbocycles. The van der Waals surface area contributed by atoms with Crippen LogP contribution in [0.2, 0.25) is 0 Å². The highest BCUT2D eigenvalue weighted by atomic mass is 32.2. The lowest BCUT2D eigenvalue weighted by atomic mass is 10.2. The second kappa shape index (κ2) is 6.21. The topological polar surface area (TPSA) is 110 Å². The monoisotopic (exact) mass is 317 g/mol. The predicted molar refractivity (Wildman–Crippen MR) is 75.9 cm³/mol. The van der Waals surface area contributed by atoms with Crippen LogP contribution in [0.4, 0.5) is 5.00 Å². The summed E-state index contributed by atoms with van der Waals surface area (Å²) in [5.74, 6) is -1.08. The highest BCUT2D eigenvalue weighted by molar-refractivity contribution is 7.90. The van der Waals surface area contributed by atoms with Crippen molar-refractivity contribution in [2.45, 2.75) is 20.3 Å². The van der Waals surface area contributed by atoms with Gasteiger partial charge in [-0.3, -0.25) is 9.52 Å². The summed E-state index contributed by atoms with van der Waals surface area (Å²) in [4.78, 5) is 11.3. The molecule has 1 rings (SSSR count). The first-order valence-corrected chi connectivity index (χ1v) is 7.90. The van der Waals surface area contributed by atoms with E-state index in [1.807, 2.05) is 6.07 Å². The first kappa shape index (κ1) is 16.4. The molecule has 7 nitrogen and oxygen atoms in total. The Bertz CT molecular complexity index is 658. The zero-order chi connectivity index (χ0) is 15.5. The first-order chi connectivity index (χ1) is 9.19. The van der Waals surface area contributed by atoms with E-state index >= 15 is 0 Å². The molecular weight excluding hydrogens is 302 g/mol. The van der Waals surface area contributed by atoms with E-state index in [1.165, 1.54) is 18.4 Å². The summed E-state index contributed by atoms with van der Waals surface area (Å²) in [6.07, 6.45) is -0.287. The van der Waals surface area contributed by atoms with Crippen molar-refractivity contribution in [2.75, 3.05) is 18.3 Å². The van der Waals surface area contributed by atoms with E-state index in [0.29, 0.717) is 5.56 Å². The van der Waals surface area contributed by atoms with Crippen molar-refractivity contribution >= 4 is 32.5 Å². The first-order valence-electron chi connectivity index (χ1n) is 5.65. The molecule has 9 heteroatoms. The van der Waals surface area contributed by atoms with Gasteiger partial charge in [-0.05, 0) is 19.4 Å². The van der Waals surface area contributed by atoms with Crippen LogP contribution in [0, 0.1) is 25.2 Å². The molecule has 0 saturated heterocycles. The molecule has 20 heavy (non-hydrogen) atoms. The molecule has 2 N–H and O–H groups in total. The Labute approximate surface area is 121 Å². The fraction of sp³-hybridized carbons (Fsp3) is 0.455. The van der Waals surface area contributed by atoms with Crippen LogP contribution in [0.5, 0.6) is 0 Å². The minimum absolute atomic E-state index is 0.143. The third-order valence-corrected chi connectivity index (χ3v) is 5.49. The van der Waals surface area contributed by atoms with E-state index in [9.17, 15) is 13.2 Å². The summed E-state index contributed by atoms with van der Waals surface area (Å²) in [5.41, 5.74) is 1.03. The maximum atomic E-state index is 12.0. The lowest BCUT2D eigenvalue weighted by Gasteiger charge is -2.16. The van der Waals surface area contributed by atoms with Gasteiger partial charge in [0.25, 0.3) is 0 Å². The fourth-order valence-electron chi connectivity index (χ4n) is 1.40. The van der Waals surface area contributed by atoms with Gasteiger partial charge in [0.15, 0.2) is 0 Å². The molecule has 0 unspecified atom stereocenters. The predicted octanol–water partition coefficient (Wildman–Crippen LogP) is 1.30. The third-order valence-electron chi connectivity index (χ3n) is 2.77. The number of carbonyl (C=O) groups is 1. The molecule has 110 valence electrons. The molecular formula is C11H15N3O4S2. The zero-order valence-corrected chi connectivity index (χ0v) is 12.9. The number of thiophene rings is 1. The third kappa shape index (κ3) is 3.69. The Morgan fingerprint density at radius 1 is 1.50 bits per heavy atom. The van der Waals surface area contributed by atoms with Gasteiger partial charge in [-0.2, -0.15) is 18.0 Å². The average Bonchev–Trinajstić information content (AvgIpc) is 2.60. The molecule has 0 bridgehead atoms. The van der Waals surface area contributed by atoms with E-state index in [2.05, 4.69) is 4.72 Å². The molecule has 0 atom stereocenters. The second-order valence-corrected chi connectivity index (χ2v) is 7.17. The van der Waals surface area contributed by atoms with Crippen molar-refractivity contribution in [2.24, 2.45) is 0 Å². The van der Waals surface area contributed by atoms with Gasteiger partial charge in [-0.15, -0.1) is 11.3 Å². The number of nitrogens with zero attached hydrogens (tertiary/aromatic N) is 2. The Kier molecular flexibility index (Phi) is 5.10. The van der Waals surface area contributed by atoms with Crippen LogP contribution in [0.1, 0.15) is 22.4 Å². The van der Waals surface area contributed by atoms with Gasteiger partial charge < -0.3 is 5.11 Å². The van der Waals surface area contributed by atoms with Crippen LogP contribution in [0.3, 0.4) is 0 Å².